The lowest BCUT2D eigenvalue weighted by Gasteiger charge is -2.23. The number of benzene rings is 2. The van der Waals surface area contributed by atoms with Crippen LogP contribution in [0.1, 0.15) is 23.9 Å². The molecule has 0 radical (unpaired) electrons. The van der Waals surface area contributed by atoms with Crippen LogP contribution in [-0.4, -0.2) is 27.4 Å². The summed E-state index contributed by atoms with van der Waals surface area (Å²) in [6.07, 6.45) is 1.65. The number of hydrogen-bond acceptors (Lipinski definition) is 5. The van der Waals surface area contributed by atoms with E-state index in [1.165, 1.54) is 29.5 Å². The Morgan fingerprint density at radius 1 is 1.28 bits per heavy atom. The van der Waals surface area contributed by atoms with Crippen molar-refractivity contribution in [2.24, 2.45) is 0 Å². The molecule has 1 aromatic heterocycles. The van der Waals surface area contributed by atoms with Crippen LogP contribution >= 0.6 is 22.9 Å². The molecule has 0 aliphatic carbocycles. The number of halogens is 1. The minimum atomic E-state index is -0.560. The lowest BCUT2D eigenvalue weighted by atomic mass is 10.2. The molecule has 1 saturated heterocycles. The molecule has 7 nitrogen and oxygen atoms in total. The number of nitrogens with zero attached hydrogens (tertiary/aromatic N) is 3. The summed E-state index contributed by atoms with van der Waals surface area (Å²) in [5.74, 6) is 0. The van der Waals surface area contributed by atoms with Gasteiger partial charge in [0, 0.05) is 28.6 Å². The lowest BCUT2D eigenvalue weighted by Crippen LogP contribution is -2.34. The van der Waals surface area contributed by atoms with Crippen molar-refractivity contribution in [3.05, 3.63) is 74.1 Å². The highest BCUT2D eigenvalue weighted by atomic mass is 35.5. The van der Waals surface area contributed by atoms with Crippen LogP contribution in [0.25, 0.3) is 11.3 Å². The Balaban J connectivity index is 1.54. The lowest BCUT2D eigenvalue weighted by molar-refractivity contribution is -0.383. The molecule has 1 N–H and O–H groups in total. The van der Waals surface area contributed by atoms with Crippen LogP contribution in [0.15, 0.2) is 53.9 Å². The number of aromatic nitrogens is 1. The van der Waals surface area contributed by atoms with Crippen LogP contribution < -0.4 is 5.32 Å². The zero-order valence-corrected chi connectivity index (χ0v) is 16.8. The van der Waals surface area contributed by atoms with Crippen molar-refractivity contribution in [2.75, 3.05) is 11.9 Å². The highest BCUT2D eigenvalue weighted by Crippen LogP contribution is 2.36. The zero-order chi connectivity index (χ0) is 20.4. The minimum Gasteiger partial charge on any atom is -0.315 e. The van der Waals surface area contributed by atoms with E-state index in [0.29, 0.717) is 6.54 Å². The van der Waals surface area contributed by atoms with Gasteiger partial charge in [0.05, 0.1) is 16.7 Å². The summed E-state index contributed by atoms with van der Waals surface area (Å²) in [4.78, 5) is 30.0. The van der Waals surface area contributed by atoms with Gasteiger partial charge < -0.3 is 10.2 Å². The zero-order valence-electron chi connectivity index (χ0n) is 15.2. The second-order valence-corrected chi connectivity index (χ2v) is 7.96. The molecular formula is C20H17ClN4O3S. The molecule has 0 saturated carbocycles. The van der Waals surface area contributed by atoms with Gasteiger partial charge in [0.15, 0.2) is 0 Å². The second kappa shape index (κ2) is 8.18. The number of hydrogen-bond donors (Lipinski definition) is 1. The highest BCUT2D eigenvalue weighted by Gasteiger charge is 2.33. The fourth-order valence-electron chi connectivity index (χ4n) is 3.40. The number of thiazole rings is 1. The molecule has 3 aromatic rings. The van der Waals surface area contributed by atoms with Crippen LogP contribution in [0.4, 0.5) is 16.2 Å². The largest absolute Gasteiger partial charge is 0.322 e. The van der Waals surface area contributed by atoms with Gasteiger partial charge in [-0.2, -0.15) is 0 Å². The predicted molar refractivity (Wildman–Crippen MR) is 113 cm³/mol. The Bertz CT molecular complexity index is 1060. The summed E-state index contributed by atoms with van der Waals surface area (Å²) in [7, 11) is 0. The highest BCUT2D eigenvalue weighted by molar-refractivity contribution is 7.10. The molecule has 1 atom stereocenters. The molecule has 2 aromatic carbocycles. The van der Waals surface area contributed by atoms with E-state index < -0.39 is 4.92 Å². The third-order valence-corrected chi connectivity index (χ3v) is 5.97. The first-order valence-corrected chi connectivity index (χ1v) is 10.3. The monoisotopic (exact) mass is 428 g/mol. The molecule has 2 amide bonds. The Labute approximate surface area is 176 Å². The van der Waals surface area contributed by atoms with Crippen molar-refractivity contribution >= 4 is 40.3 Å². The van der Waals surface area contributed by atoms with Crippen LogP contribution in [0.2, 0.25) is 5.02 Å². The molecule has 148 valence electrons. The number of nitrogens with one attached hydrogen (secondary N) is 1. The maximum Gasteiger partial charge on any atom is 0.322 e. The average molecular weight is 429 g/mol. The maximum atomic E-state index is 12.9. The number of nitro groups is 1. The van der Waals surface area contributed by atoms with Gasteiger partial charge >= 0.3 is 6.03 Å². The summed E-state index contributed by atoms with van der Waals surface area (Å²) < 4.78 is 0. The molecule has 1 unspecified atom stereocenters. The topological polar surface area (TPSA) is 88.4 Å². The van der Waals surface area contributed by atoms with E-state index in [1.54, 1.807) is 4.90 Å². The van der Waals surface area contributed by atoms with Crippen LogP contribution in [0.5, 0.6) is 0 Å². The number of nitro benzene ring substituents is 1. The molecule has 1 aliphatic heterocycles. The Hall–Kier alpha value is -2.97. The van der Waals surface area contributed by atoms with Gasteiger partial charge in [-0.15, -0.1) is 11.3 Å². The fraction of sp³-hybridized carbons (Fsp3) is 0.200. The predicted octanol–water partition coefficient (Wildman–Crippen LogP) is 5.74. The number of amides is 2. The quantitative estimate of drug-likeness (QED) is 0.423. The summed E-state index contributed by atoms with van der Waals surface area (Å²) in [6.45, 7) is 0.568. The van der Waals surface area contributed by atoms with E-state index in [2.05, 4.69) is 5.32 Å². The smallest absolute Gasteiger partial charge is 0.315 e. The SMILES string of the molecule is O=C(Nc1ccc(Cl)cc1[N+](=O)[O-])N1CCCC1c1nc(-c2ccccc2)cs1. The molecule has 1 aliphatic rings. The molecule has 0 bridgehead atoms. The van der Waals surface area contributed by atoms with E-state index in [-0.39, 0.29) is 28.5 Å². The Morgan fingerprint density at radius 2 is 2.07 bits per heavy atom. The van der Waals surface area contributed by atoms with Gasteiger partial charge in [0.1, 0.15) is 10.7 Å². The van der Waals surface area contributed by atoms with E-state index in [9.17, 15) is 14.9 Å². The van der Waals surface area contributed by atoms with Crippen LogP contribution in [0, 0.1) is 10.1 Å². The average Bonchev–Trinajstić information content (AvgIpc) is 3.39. The number of carbonyl (C=O) groups is 1. The molecule has 9 heteroatoms. The molecule has 4 rings (SSSR count). The molecule has 2 heterocycles. The molecular weight excluding hydrogens is 412 g/mol. The summed E-state index contributed by atoms with van der Waals surface area (Å²) in [5, 5.41) is 17.0. The number of rotatable bonds is 4. The minimum absolute atomic E-state index is 0.124. The molecule has 0 spiro atoms. The second-order valence-electron chi connectivity index (χ2n) is 6.64. The van der Waals surface area contributed by atoms with E-state index in [1.807, 2.05) is 35.7 Å². The van der Waals surface area contributed by atoms with Crippen molar-refractivity contribution in [1.82, 2.24) is 9.88 Å². The number of likely N-dealkylation sites (tertiary alicyclic amines) is 1. The number of anilines is 1. The Morgan fingerprint density at radius 3 is 2.83 bits per heavy atom. The van der Waals surface area contributed by atoms with Gasteiger partial charge in [0.25, 0.3) is 5.69 Å². The van der Waals surface area contributed by atoms with E-state index >= 15 is 0 Å². The summed E-state index contributed by atoms with van der Waals surface area (Å²) >= 11 is 7.37. The molecule has 1 fully saturated rings. The van der Waals surface area contributed by atoms with Crippen molar-refractivity contribution in [3.63, 3.8) is 0 Å². The van der Waals surface area contributed by atoms with Gasteiger partial charge in [-0.05, 0) is 25.0 Å². The van der Waals surface area contributed by atoms with Crippen molar-refractivity contribution < 1.29 is 9.72 Å². The standard InChI is InChI=1S/C20H17ClN4O3S/c21-14-8-9-15(18(11-14)25(27)28)23-20(26)24-10-4-7-17(24)19-22-16(12-29-19)13-5-2-1-3-6-13/h1-3,5-6,8-9,11-12,17H,4,7,10H2,(H,23,26). The Kier molecular flexibility index (Phi) is 5.46. The number of urea groups is 1. The normalized spacial score (nSPS) is 16.0. The van der Waals surface area contributed by atoms with Crippen LogP contribution in [0.3, 0.4) is 0 Å². The first kappa shape index (κ1) is 19.4. The van der Waals surface area contributed by atoms with E-state index in [0.717, 1.165) is 29.1 Å². The van der Waals surface area contributed by atoms with Crippen molar-refractivity contribution in [2.45, 2.75) is 18.9 Å². The number of carbonyl (C=O) groups excluding carboxylic acids is 1. The third kappa shape index (κ3) is 4.08. The third-order valence-electron chi connectivity index (χ3n) is 4.79. The first-order chi connectivity index (χ1) is 14.0. The van der Waals surface area contributed by atoms with Crippen molar-refractivity contribution in [3.8, 4) is 11.3 Å². The summed E-state index contributed by atoms with van der Waals surface area (Å²) in [6, 6.07) is 13.5. The van der Waals surface area contributed by atoms with Crippen LogP contribution in [-0.2, 0) is 0 Å². The fourth-order valence-corrected chi connectivity index (χ4v) is 4.54. The van der Waals surface area contributed by atoms with Crippen molar-refractivity contribution in [1.29, 1.82) is 0 Å². The first-order valence-electron chi connectivity index (χ1n) is 9.05. The molecule has 29 heavy (non-hydrogen) atoms. The van der Waals surface area contributed by atoms with Gasteiger partial charge in [0.2, 0.25) is 0 Å². The van der Waals surface area contributed by atoms with Gasteiger partial charge in [-0.1, -0.05) is 41.9 Å². The van der Waals surface area contributed by atoms with Gasteiger partial charge in [-0.25, -0.2) is 9.78 Å². The maximum absolute atomic E-state index is 12.9. The van der Waals surface area contributed by atoms with Gasteiger partial charge in [-0.3, -0.25) is 10.1 Å². The van der Waals surface area contributed by atoms with E-state index in [4.69, 9.17) is 16.6 Å². The summed E-state index contributed by atoms with van der Waals surface area (Å²) in [5.41, 5.74) is 1.80.